The molecule has 0 bridgehead atoms. The molecule has 5 rings (SSSR count). The van der Waals surface area contributed by atoms with Crippen LogP contribution in [0.2, 0.25) is 0 Å². The van der Waals surface area contributed by atoms with Crippen LogP contribution < -0.4 is 10.6 Å². The minimum absolute atomic E-state index is 0.117. The molecule has 2 N–H and O–H groups in total. The van der Waals surface area contributed by atoms with Crippen molar-refractivity contribution >= 4 is 22.9 Å². The molecule has 0 spiro atoms. The van der Waals surface area contributed by atoms with Gasteiger partial charge in [-0.2, -0.15) is 5.10 Å². The highest BCUT2D eigenvalue weighted by Gasteiger charge is 2.35. The van der Waals surface area contributed by atoms with E-state index >= 15 is 0 Å². The normalized spacial score (nSPS) is 15.8. The predicted octanol–water partition coefficient (Wildman–Crippen LogP) is 3.27. The summed E-state index contributed by atoms with van der Waals surface area (Å²) in [5.74, 6) is 0.515. The molecule has 4 aromatic rings. The van der Waals surface area contributed by atoms with Gasteiger partial charge in [0.05, 0.1) is 23.1 Å². The van der Waals surface area contributed by atoms with Crippen molar-refractivity contribution in [2.75, 3.05) is 30.3 Å². The lowest BCUT2D eigenvalue weighted by Gasteiger charge is -2.48. The summed E-state index contributed by atoms with van der Waals surface area (Å²) in [7, 11) is 0. The van der Waals surface area contributed by atoms with Crippen LogP contribution in [0.3, 0.4) is 0 Å². The lowest BCUT2D eigenvalue weighted by atomic mass is 9.97. The molecule has 0 aliphatic carbocycles. The Bertz CT molecular complexity index is 1400. The summed E-state index contributed by atoms with van der Waals surface area (Å²) in [5.41, 5.74) is 11.6. The molecule has 0 radical (unpaired) electrons. The fraction of sp³-hybridized carbons (Fsp3) is 0.400. The van der Waals surface area contributed by atoms with Gasteiger partial charge in [-0.05, 0) is 45.9 Å². The van der Waals surface area contributed by atoms with Gasteiger partial charge in [-0.3, -0.25) is 4.79 Å². The Kier molecular flexibility index (Phi) is 5.46. The first-order chi connectivity index (χ1) is 16.7. The molecule has 0 unspecified atom stereocenters. The van der Waals surface area contributed by atoms with E-state index in [1.807, 2.05) is 14.1 Å². The quantitative estimate of drug-likeness (QED) is 0.484. The number of hydrogen-bond acceptors (Lipinski definition) is 7. The predicted molar refractivity (Wildman–Crippen MR) is 136 cm³/mol. The number of hydrogen-bond donors (Lipinski definition) is 1. The maximum atomic E-state index is 12.0. The highest BCUT2D eigenvalue weighted by atomic mass is 16.2. The zero-order chi connectivity index (χ0) is 24.9. The van der Waals surface area contributed by atoms with E-state index in [4.69, 9.17) is 5.73 Å². The van der Waals surface area contributed by atoms with E-state index in [1.54, 1.807) is 13.1 Å². The van der Waals surface area contributed by atoms with Crippen LogP contribution in [0, 0.1) is 0 Å². The molecule has 0 atom stereocenters. The maximum absolute atomic E-state index is 12.0. The molecule has 182 valence electrons. The Morgan fingerprint density at radius 2 is 1.94 bits per heavy atom. The van der Waals surface area contributed by atoms with Crippen LogP contribution in [0.4, 0.5) is 11.5 Å². The Morgan fingerprint density at radius 3 is 2.66 bits per heavy atom. The fourth-order valence-electron chi connectivity index (χ4n) is 5.02. The number of benzene rings is 1. The average molecular weight is 474 g/mol. The number of fused-ring (bicyclic) bond motifs is 1. The van der Waals surface area contributed by atoms with Gasteiger partial charge in [-0.1, -0.05) is 17.3 Å². The Hall–Kier alpha value is -3.95. The topological polar surface area (TPSA) is 110 Å². The second-order valence-electron chi connectivity index (χ2n) is 9.96. The van der Waals surface area contributed by atoms with Crippen molar-refractivity contribution < 1.29 is 4.79 Å². The lowest BCUT2D eigenvalue weighted by Crippen LogP contribution is -2.60. The smallest absolute Gasteiger partial charge is 0.219 e. The number of anilines is 2. The minimum atomic E-state index is -0.197. The van der Waals surface area contributed by atoms with Gasteiger partial charge in [-0.15, -0.1) is 5.10 Å². The molecule has 4 heterocycles. The van der Waals surface area contributed by atoms with Gasteiger partial charge in [0.1, 0.15) is 11.8 Å². The zero-order valence-electron chi connectivity index (χ0n) is 20.8. The number of carbonyl (C=O) groups is 1. The number of carbonyl (C=O) groups excluding carboxylic acids is 1. The first-order valence-electron chi connectivity index (χ1n) is 11.8. The molecular weight excluding hydrogens is 442 g/mol. The van der Waals surface area contributed by atoms with Crippen LogP contribution in [0.25, 0.3) is 28.0 Å². The van der Waals surface area contributed by atoms with E-state index in [0.29, 0.717) is 18.9 Å². The molecule has 1 aromatic carbocycles. The third-order valence-corrected chi connectivity index (χ3v) is 6.72. The Balaban J connectivity index is 1.61. The van der Waals surface area contributed by atoms with Crippen molar-refractivity contribution in [3.05, 3.63) is 42.9 Å². The summed E-state index contributed by atoms with van der Waals surface area (Å²) in [6.07, 6.45) is 3.22. The van der Waals surface area contributed by atoms with Crippen molar-refractivity contribution in [1.29, 1.82) is 0 Å². The molecule has 35 heavy (non-hydrogen) atoms. The van der Waals surface area contributed by atoms with Crippen molar-refractivity contribution in [2.45, 2.75) is 46.2 Å². The molecule has 3 aromatic heterocycles. The van der Waals surface area contributed by atoms with Crippen molar-refractivity contribution in [1.82, 2.24) is 34.5 Å². The van der Waals surface area contributed by atoms with Crippen LogP contribution in [0.1, 0.15) is 40.7 Å². The van der Waals surface area contributed by atoms with Gasteiger partial charge in [0.25, 0.3) is 0 Å². The van der Waals surface area contributed by atoms with E-state index in [1.165, 1.54) is 6.33 Å². The average Bonchev–Trinajstić information content (AvgIpc) is 3.44. The number of nitrogen functional groups attached to an aromatic ring is 1. The summed E-state index contributed by atoms with van der Waals surface area (Å²) in [5, 5.41) is 12.9. The van der Waals surface area contributed by atoms with E-state index in [-0.39, 0.29) is 17.5 Å². The third-order valence-electron chi connectivity index (χ3n) is 6.72. The molecule has 1 fully saturated rings. The monoisotopic (exact) mass is 473 g/mol. The third kappa shape index (κ3) is 3.88. The Morgan fingerprint density at radius 1 is 1.14 bits per heavy atom. The summed E-state index contributed by atoms with van der Waals surface area (Å²) in [6, 6.07) is 10.6. The molecule has 0 saturated carbocycles. The summed E-state index contributed by atoms with van der Waals surface area (Å²) >= 11 is 0. The number of nitrogens with two attached hydrogens (primary N) is 1. The van der Waals surface area contributed by atoms with Crippen molar-refractivity contribution in [2.24, 2.45) is 0 Å². The number of aromatic nitrogens is 6. The van der Waals surface area contributed by atoms with Gasteiger partial charge in [0.15, 0.2) is 5.82 Å². The van der Waals surface area contributed by atoms with Gasteiger partial charge in [0.2, 0.25) is 5.91 Å². The molecule has 1 aliphatic heterocycles. The SMILES string of the molecule is CC(=O)N1CCN(c2cccc(-c3cc(-c4cnnn4C(C)C)c4c(N)ncnn34)c2)C(C)(C)C1. The maximum Gasteiger partial charge on any atom is 0.219 e. The molecule has 10 heteroatoms. The first-order valence-corrected chi connectivity index (χ1v) is 11.8. The van der Waals surface area contributed by atoms with Crippen LogP contribution in [0.5, 0.6) is 0 Å². The van der Waals surface area contributed by atoms with E-state index in [2.05, 4.69) is 83.3 Å². The second kappa shape index (κ2) is 8.37. The van der Waals surface area contributed by atoms with Crippen LogP contribution >= 0.6 is 0 Å². The molecular formula is C25H31N9O. The number of nitrogens with zero attached hydrogens (tertiary/aromatic N) is 8. The van der Waals surface area contributed by atoms with Gasteiger partial charge < -0.3 is 15.5 Å². The largest absolute Gasteiger partial charge is 0.382 e. The van der Waals surface area contributed by atoms with Crippen LogP contribution in [-0.4, -0.2) is 65.6 Å². The van der Waals surface area contributed by atoms with E-state index < -0.39 is 0 Å². The number of piperazine rings is 1. The standard InChI is InChI=1S/C25H31N9O/c1-16(2)33-22(13-28-30-33)20-12-21(34-23(20)24(26)27-15-29-34)18-7-6-8-19(11-18)32-10-9-31(17(3)35)14-25(32,4)5/h6-8,11-13,15-16H,9-10,14H2,1-5H3,(H2,26,27,29). The summed E-state index contributed by atoms with van der Waals surface area (Å²) < 4.78 is 3.71. The van der Waals surface area contributed by atoms with Crippen LogP contribution in [0.15, 0.2) is 42.9 Å². The van der Waals surface area contributed by atoms with Gasteiger partial charge in [0, 0.05) is 49.4 Å². The lowest BCUT2D eigenvalue weighted by molar-refractivity contribution is -0.130. The summed E-state index contributed by atoms with van der Waals surface area (Å²) in [6.45, 7) is 12.3. The highest BCUT2D eigenvalue weighted by molar-refractivity contribution is 5.91. The van der Waals surface area contributed by atoms with Crippen molar-refractivity contribution in [3.63, 3.8) is 0 Å². The molecule has 10 nitrogen and oxygen atoms in total. The van der Waals surface area contributed by atoms with Crippen molar-refractivity contribution in [3.8, 4) is 22.5 Å². The summed E-state index contributed by atoms with van der Waals surface area (Å²) in [4.78, 5) is 20.5. The first kappa shape index (κ1) is 22.8. The number of amides is 1. The number of rotatable bonds is 4. The van der Waals surface area contributed by atoms with Gasteiger partial charge >= 0.3 is 0 Å². The van der Waals surface area contributed by atoms with Gasteiger partial charge in [-0.25, -0.2) is 14.2 Å². The molecule has 1 amide bonds. The molecule has 1 saturated heterocycles. The molecule has 1 aliphatic rings. The Labute approximate surface area is 204 Å². The second-order valence-corrected chi connectivity index (χ2v) is 9.96. The van der Waals surface area contributed by atoms with Crippen LogP contribution in [-0.2, 0) is 4.79 Å². The minimum Gasteiger partial charge on any atom is -0.382 e. The zero-order valence-corrected chi connectivity index (χ0v) is 20.8. The highest BCUT2D eigenvalue weighted by Crippen LogP contribution is 2.37. The fourth-order valence-corrected chi connectivity index (χ4v) is 5.02. The van der Waals surface area contributed by atoms with E-state index in [9.17, 15) is 4.79 Å². The van der Waals surface area contributed by atoms with E-state index in [0.717, 1.165) is 40.3 Å².